The highest BCUT2D eigenvalue weighted by atomic mass is 127. The minimum Gasteiger partial charge on any atom is -0.351 e. The second-order valence-corrected chi connectivity index (χ2v) is 8.59. The van der Waals surface area contributed by atoms with Crippen LogP contribution in [-0.2, 0) is 11.2 Å². The van der Waals surface area contributed by atoms with Crippen LogP contribution in [0.3, 0.4) is 0 Å². The summed E-state index contributed by atoms with van der Waals surface area (Å²) in [5.74, 6) is -0.0309. The number of rotatable bonds is 3. The molecule has 0 saturated heterocycles. The Balaban J connectivity index is 1.83. The van der Waals surface area contributed by atoms with Crippen LogP contribution in [0.1, 0.15) is 18.1 Å². The number of halogens is 2. The smallest absolute Gasteiger partial charge is 0.230 e. The van der Waals surface area contributed by atoms with E-state index in [0.717, 1.165) is 23.1 Å². The third-order valence-electron chi connectivity index (χ3n) is 5.26. The minimum absolute atomic E-state index is 0.117. The van der Waals surface area contributed by atoms with Crippen molar-refractivity contribution in [2.45, 2.75) is 19.4 Å². The second-order valence-electron chi connectivity index (χ2n) is 6.55. The van der Waals surface area contributed by atoms with Gasteiger partial charge >= 0.3 is 0 Å². The van der Waals surface area contributed by atoms with Crippen LogP contribution in [0, 0.1) is 5.92 Å². The summed E-state index contributed by atoms with van der Waals surface area (Å²) in [5.41, 5.74) is 4.97. The largest absolute Gasteiger partial charge is 0.351 e. The van der Waals surface area contributed by atoms with Crippen LogP contribution in [0.4, 0.5) is 0 Å². The molecule has 7 heteroatoms. The molecule has 2 heterocycles. The van der Waals surface area contributed by atoms with Gasteiger partial charge in [0.25, 0.3) is 0 Å². The molecule has 0 spiro atoms. The van der Waals surface area contributed by atoms with Crippen molar-refractivity contribution >= 4 is 69.0 Å². The van der Waals surface area contributed by atoms with Gasteiger partial charge in [-0.2, -0.15) is 0 Å². The Labute approximate surface area is 171 Å². The molecule has 1 N–H and O–H groups in total. The van der Waals surface area contributed by atoms with Gasteiger partial charge in [-0.25, -0.2) is 3.11 Å². The van der Waals surface area contributed by atoms with Crippen molar-refractivity contribution < 1.29 is 4.79 Å². The fourth-order valence-corrected chi connectivity index (χ4v) is 5.49. The zero-order valence-electron chi connectivity index (χ0n) is 13.9. The van der Waals surface area contributed by atoms with E-state index >= 15 is 0 Å². The number of hydrogen-bond donors (Lipinski definition) is 1. The number of carbonyl (C=O) groups excluding carboxylic acids is 1. The topological polar surface area (TPSA) is 39.3 Å². The van der Waals surface area contributed by atoms with E-state index in [1.807, 2.05) is 6.92 Å². The lowest BCUT2D eigenvalue weighted by molar-refractivity contribution is -0.133. The summed E-state index contributed by atoms with van der Waals surface area (Å²) in [5, 5.41) is 1.28. The average Bonchev–Trinajstić information content (AvgIpc) is 2.93. The lowest BCUT2D eigenvalue weighted by atomic mass is 9.80. The molecule has 2 aromatic rings. The quantitative estimate of drug-likeness (QED) is 0.391. The summed E-state index contributed by atoms with van der Waals surface area (Å²) in [4.78, 5) is 18.0. The highest BCUT2D eigenvalue weighted by Crippen LogP contribution is 2.44. The number of nitrogens with zero attached hydrogens (tertiary/aromatic N) is 2. The number of H-pyrrole nitrogens is 1. The van der Waals surface area contributed by atoms with Gasteiger partial charge in [-0.1, -0.05) is 18.2 Å². The van der Waals surface area contributed by atoms with Gasteiger partial charge in [0.15, 0.2) is 0 Å². The average molecular weight is 510 g/mol. The second kappa shape index (κ2) is 6.74. The van der Waals surface area contributed by atoms with E-state index in [2.05, 4.69) is 71.2 Å². The van der Waals surface area contributed by atoms with Crippen molar-refractivity contribution in [2.24, 2.45) is 5.92 Å². The van der Waals surface area contributed by atoms with E-state index in [0.29, 0.717) is 12.6 Å². The lowest BCUT2D eigenvalue weighted by Crippen LogP contribution is -2.45. The Kier molecular flexibility index (Phi) is 4.75. The van der Waals surface area contributed by atoms with Gasteiger partial charge in [-0.15, -0.1) is 0 Å². The minimum atomic E-state index is -0.147. The number of fused-ring (bicyclic) bond motifs is 2. The van der Waals surface area contributed by atoms with Crippen LogP contribution in [0.5, 0.6) is 0 Å². The Morgan fingerprint density at radius 3 is 3.04 bits per heavy atom. The molecule has 4 rings (SSSR count). The SMILES string of the molecule is [B]CN(CC)C(=O)[C@@H]1C=C2c3cccc4[nH]c(Br)c(c34)C[C@H]2N(I)C1. The van der Waals surface area contributed by atoms with Crippen molar-refractivity contribution in [3.05, 3.63) is 40.0 Å². The first-order chi connectivity index (χ1) is 12.0. The zero-order chi connectivity index (χ0) is 17.7. The van der Waals surface area contributed by atoms with E-state index in [1.54, 1.807) is 4.90 Å². The Morgan fingerprint density at radius 1 is 1.52 bits per heavy atom. The molecule has 2 atom stereocenters. The summed E-state index contributed by atoms with van der Waals surface area (Å²) in [6, 6.07) is 6.65. The van der Waals surface area contributed by atoms with Crippen molar-refractivity contribution in [1.82, 2.24) is 13.0 Å². The van der Waals surface area contributed by atoms with Crippen LogP contribution >= 0.6 is 38.8 Å². The molecule has 1 amide bonds. The Morgan fingerprint density at radius 2 is 2.32 bits per heavy atom. The molecule has 128 valence electrons. The zero-order valence-corrected chi connectivity index (χ0v) is 17.7. The van der Waals surface area contributed by atoms with Crippen molar-refractivity contribution in [3.63, 3.8) is 0 Å². The summed E-state index contributed by atoms with van der Waals surface area (Å²) in [7, 11) is 5.74. The molecule has 1 aromatic carbocycles. The van der Waals surface area contributed by atoms with Crippen molar-refractivity contribution in [2.75, 3.05) is 19.5 Å². The molecule has 0 unspecified atom stereocenters. The van der Waals surface area contributed by atoms with Crippen LogP contribution in [-0.4, -0.2) is 52.3 Å². The van der Waals surface area contributed by atoms with E-state index < -0.39 is 0 Å². The molecule has 1 aliphatic heterocycles. The van der Waals surface area contributed by atoms with E-state index in [9.17, 15) is 4.79 Å². The van der Waals surface area contributed by atoms with Gasteiger partial charge in [0.1, 0.15) is 0 Å². The number of hydrogen-bond acceptors (Lipinski definition) is 2. The summed E-state index contributed by atoms with van der Waals surface area (Å²) in [6.45, 7) is 3.33. The van der Waals surface area contributed by atoms with Gasteiger partial charge in [0, 0.05) is 52.9 Å². The summed E-state index contributed by atoms with van der Waals surface area (Å²) >= 11 is 6.05. The van der Waals surface area contributed by atoms with Crippen LogP contribution in [0.2, 0.25) is 0 Å². The number of aromatic amines is 1. The maximum Gasteiger partial charge on any atom is 0.230 e. The molecule has 1 aromatic heterocycles. The molecule has 0 bridgehead atoms. The molecule has 4 nitrogen and oxygen atoms in total. The molecule has 0 fully saturated rings. The van der Waals surface area contributed by atoms with Gasteiger partial charge in [-0.3, -0.25) is 4.79 Å². The molecule has 25 heavy (non-hydrogen) atoms. The fraction of sp³-hybridized carbons (Fsp3) is 0.389. The molecular formula is C18H18BBrIN3O. The first kappa shape index (κ1) is 17.6. The predicted octanol–water partition coefficient (Wildman–Crippen LogP) is 3.49. The maximum atomic E-state index is 12.8. The number of benzene rings is 1. The maximum absolute atomic E-state index is 12.8. The lowest BCUT2D eigenvalue weighted by Gasteiger charge is -2.39. The predicted molar refractivity (Wildman–Crippen MR) is 114 cm³/mol. The van der Waals surface area contributed by atoms with Gasteiger partial charge in [-0.05, 0) is 58.5 Å². The standard InChI is InChI=1S/C18H18BBrIN3O/c1-2-23(9-19)18(25)10-6-12-11-4-3-5-14-16(11)13(17(20)22-14)7-15(12)24(21)8-10/h3-6,10,15,22H,2,7-9H2,1H3/t10-,15-/m1/s1. The van der Waals surface area contributed by atoms with Gasteiger partial charge < -0.3 is 9.88 Å². The van der Waals surface area contributed by atoms with E-state index in [1.165, 1.54) is 22.1 Å². The Hall–Kier alpha value is -0.795. The highest BCUT2D eigenvalue weighted by Gasteiger charge is 2.37. The number of carbonyl (C=O) groups is 1. The first-order valence-corrected chi connectivity index (χ1v) is 10.2. The van der Waals surface area contributed by atoms with Crippen LogP contribution in [0.15, 0.2) is 28.9 Å². The molecular weight excluding hydrogens is 492 g/mol. The number of amides is 1. The van der Waals surface area contributed by atoms with E-state index in [-0.39, 0.29) is 18.3 Å². The fourth-order valence-electron chi connectivity index (χ4n) is 3.99. The molecule has 0 saturated carbocycles. The number of nitrogens with one attached hydrogen (secondary N) is 1. The van der Waals surface area contributed by atoms with Gasteiger partial charge in [0.2, 0.25) is 5.91 Å². The molecule has 1 aliphatic carbocycles. The number of aromatic nitrogens is 1. The summed E-state index contributed by atoms with van der Waals surface area (Å²) < 4.78 is 3.35. The van der Waals surface area contributed by atoms with Crippen molar-refractivity contribution in [1.29, 1.82) is 0 Å². The van der Waals surface area contributed by atoms with E-state index in [4.69, 9.17) is 7.85 Å². The van der Waals surface area contributed by atoms with Crippen LogP contribution < -0.4 is 0 Å². The molecule has 2 aliphatic rings. The normalized spacial score (nSPS) is 22.6. The Bertz CT molecular complexity index is 877. The third kappa shape index (κ3) is 2.79. The van der Waals surface area contributed by atoms with Gasteiger partial charge in [0.05, 0.1) is 18.4 Å². The third-order valence-corrected chi connectivity index (χ3v) is 7.01. The monoisotopic (exact) mass is 509 g/mol. The first-order valence-electron chi connectivity index (χ1n) is 8.47. The van der Waals surface area contributed by atoms with Crippen LogP contribution in [0.25, 0.3) is 16.5 Å². The summed E-state index contributed by atoms with van der Waals surface area (Å²) in [6.07, 6.45) is 3.39. The van der Waals surface area contributed by atoms with Crippen molar-refractivity contribution in [3.8, 4) is 0 Å². The highest BCUT2D eigenvalue weighted by molar-refractivity contribution is 14.1. The molecule has 2 radical (unpaired) electrons.